The summed E-state index contributed by atoms with van der Waals surface area (Å²) in [5.41, 5.74) is 0. The maximum atomic E-state index is 5.60. The monoisotopic (exact) mass is 208 g/mol. The molecular weight excluding hydrogens is 188 g/mol. The van der Waals surface area contributed by atoms with E-state index in [9.17, 15) is 0 Å². The van der Waals surface area contributed by atoms with Crippen LogP contribution in [0, 0.1) is 0 Å². The molecule has 0 saturated heterocycles. The molecular formula is C12H20OSi. The highest BCUT2D eigenvalue weighted by Crippen LogP contribution is 2.12. The van der Waals surface area contributed by atoms with Crippen LogP contribution in [0.1, 0.15) is 13.8 Å². The van der Waals surface area contributed by atoms with Crippen LogP contribution in [0.2, 0.25) is 19.6 Å². The Labute approximate surface area is 88.1 Å². The molecule has 0 N–H and O–H groups in total. The summed E-state index contributed by atoms with van der Waals surface area (Å²) in [6.45, 7) is 11.2. The van der Waals surface area contributed by atoms with E-state index in [0.717, 1.165) is 5.75 Å². The van der Waals surface area contributed by atoms with Crippen LogP contribution in [0.25, 0.3) is 0 Å². The maximum Gasteiger partial charge on any atom is 0.119 e. The van der Waals surface area contributed by atoms with Gasteiger partial charge >= 0.3 is 0 Å². The fraction of sp³-hybridized carbons (Fsp3) is 0.500. The van der Waals surface area contributed by atoms with Gasteiger partial charge in [-0.1, -0.05) is 37.0 Å². The van der Waals surface area contributed by atoms with Gasteiger partial charge in [-0.15, -0.1) is 0 Å². The van der Waals surface area contributed by atoms with E-state index < -0.39 is 8.07 Å². The first-order valence-electron chi connectivity index (χ1n) is 5.17. The normalized spacial score (nSPS) is 11.9. The fourth-order valence-electron chi connectivity index (χ4n) is 1.31. The van der Waals surface area contributed by atoms with Gasteiger partial charge in [0.25, 0.3) is 0 Å². The summed E-state index contributed by atoms with van der Waals surface area (Å²) >= 11 is 0. The van der Waals surface area contributed by atoms with Crippen molar-refractivity contribution in [2.75, 3.05) is 0 Å². The third-order valence-electron chi connectivity index (χ3n) is 2.09. The molecule has 14 heavy (non-hydrogen) atoms. The zero-order valence-corrected chi connectivity index (χ0v) is 10.8. The molecule has 1 aromatic rings. The molecule has 1 rings (SSSR count). The van der Waals surface area contributed by atoms with Gasteiger partial charge in [0, 0.05) is 0 Å². The quantitative estimate of drug-likeness (QED) is 0.694. The minimum atomic E-state index is -1.15. The van der Waals surface area contributed by atoms with Crippen molar-refractivity contribution < 1.29 is 4.74 Å². The van der Waals surface area contributed by atoms with Gasteiger partial charge in [0.1, 0.15) is 5.75 Å². The Bertz CT molecular complexity index is 282. The summed E-state index contributed by atoms with van der Waals surface area (Å²) in [4.78, 5) is 0. The lowest BCUT2D eigenvalue weighted by molar-refractivity contribution is 0.242. The van der Waals surface area contributed by atoms with Crippen molar-refractivity contribution in [1.29, 1.82) is 0 Å². The molecule has 0 aliphatic rings. The summed E-state index contributed by atoms with van der Waals surface area (Å²) in [5, 5.41) is 1.48. The molecule has 0 aromatic heterocycles. The Hall–Kier alpha value is -0.763. The van der Waals surface area contributed by atoms with Crippen LogP contribution in [-0.2, 0) is 0 Å². The summed E-state index contributed by atoms with van der Waals surface area (Å²) in [6.07, 6.45) is 0.257. The molecule has 0 aliphatic heterocycles. The van der Waals surface area contributed by atoms with Crippen LogP contribution in [0.5, 0.6) is 5.75 Å². The summed E-state index contributed by atoms with van der Waals surface area (Å²) in [7, 11) is -1.15. The van der Waals surface area contributed by atoms with Crippen molar-refractivity contribution in [3.63, 3.8) is 0 Å². The van der Waals surface area contributed by atoms with Gasteiger partial charge in [0.15, 0.2) is 0 Å². The molecule has 0 spiro atoms. The molecule has 0 atom stereocenters. The molecule has 0 radical (unpaired) electrons. The molecule has 0 amide bonds. The number of hydrogen-bond acceptors (Lipinski definition) is 1. The van der Waals surface area contributed by atoms with Gasteiger partial charge in [-0.25, -0.2) is 0 Å². The molecule has 78 valence electrons. The highest BCUT2D eigenvalue weighted by Gasteiger charge is 2.15. The van der Waals surface area contributed by atoms with Crippen LogP contribution < -0.4 is 9.92 Å². The van der Waals surface area contributed by atoms with Crippen LogP contribution in [0.3, 0.4) is 0 Å². The lowest BCUT2D eigenvalue weighted by Crippen LogP contribution is -2.37. The van der Waals surface area contributed by atoms with Gasteiger partial charge in [-0.3, -0.25) is 0 Å². The largest absolute Gasteiger partial charge is 0.491 e. The number of hydrogen-bond donors (Lipinski definition) is 0. The third-order valence-corrected chi connectivity index (χ3v) is 4.16. The van der Waals surface area contributed by atoms with E-state index in [0.29, 0.717) is 0 Å². The lowest BCUT2D eigenvalue weighted by atomic mass is 10.3. The van der Waals surface area contributed by atoms with Crippen molar-refractivity contribution in [3.8, 4) is 5.75 Å². The summed E-state index contributed by atoms with van der Waals surface area (Å²) in [5.74, 6) is 0.974. The van der Waals surface area contributed by atoms with Crippen LogP contribution in [-0.4, -0.2) is 14.2 Å². The van der Waals surface area contributed by atoms with E-state index in [4.69, 9.17) is 4.74 Å². The summed E-state index contributed by atoms with van der Waals surface area (Å²) < 4.78 is 5.60. The van der Waals surface area contributed by atoms with Crippen molar-refractivity contribution in [3.05, 3.63) is 24.3 Å². The van der Waals surface area contributed by atoms with E-state index in [1.54, 1.807) is 0 Å². The minimum absolute atomic E-state index is 0.257. The number of benzene rings is 1. The Balaban J connectivity index is 2.79. The Kier molecular flexibility index (Phi) is 3.37. The first kappa shape index (κ1) is 11.3. The topological polar surface area (TPSA) is 9.23 Å². The van der Waals surface area contributed by atoms with Crippen molar-refractivity contribution in [1.82, 2.24) is 0 Å². The third kappa shape index (κ3) is 3.18. The Morgan fingerprint density at radius 1 is 1.00 bits per heavy atom. The van der Waals surface area contributed by atoms with Crippen molar-refractivity contribution >= 4 is 13.3 Å². The highest BCUT2D eigenvalue weighted by atomic mass is 28.3. The first-order valence-corrected chi connectivity index (χ1v) is 8.67. The highest BCUT2D eigenvalue weighted by molar-refractivity contribution is 6.88. The van der Waals surface area contributed by atoms with Crippen LogP contribution in [0.15, 0.2) is 24.3 Å². The molecule has 0 heterocycles. The number of rotatable bonds is 3. The second-order valence-corrected chi connectivity index (χ2v) is 10.0. The second-order valence-electron chi connectivity index (χ2n) is 4.94. The lowest BCUT2D eigenvalue weighted by Gasteiger charge is -2.17. The average molecular weight is 208 g/mol. The first-order chi connectivity index (χ1) is 6.39. The zero-order valence-electron chi connectivity index (χ0n) is 9.79. The van der Waals surface area contributed by atoms with E-state index in [-0.39, 0.29) is 6.10 Å². The zero-order chi connectivity index (χ0) is 10.8. The van der Waals surface area contributed by atoms with E-state index >= 15 is 0 Å². The van der Waals surface area contributed by atoms with Gasteiger partial charge in [0.05, 0.1) is 14.2 Å². The van der Waals surface area contributed by atoms with Gasteiger partial charge < -0.3 is 4.74 Å². The van der Waals surface area contributed by atoms with E-state index in [1.165, 1.54) is 5.19 Å². The maximum absolute atomic E-state index is 5.60. The van der Waals surface area contributed by atoms with Gasteiger partial charge in [-0.05, 0) is 26.0 Å². The van der Waals surface area contributed by atoms with Crippen LogP contribution >= 0.6 is 0 Å². The minimum Gasteiger partial charge on any atom is -0.491 e. The fourth-order valence-corrected chi connectivity index (χ4v) is 2.47. The summed E-state index contributed by atoms with van der Waals surface area (Å²) in [6, 6.07) is 8.55. The molecule has 0 bridgehead atoms. The van der Waals surface area contributed by atoms with E-state index in [2.05, 4.69) is 43.9 Å². The smallest absolute Gasteiger partial charge is 0.119 e. The molecule has 2 heteroatoms. The molecule has 0 unspecified atom stereocenters. The molecule has 0 aliphatic carbocycles. The Morgan fingerprint density at radius 2 is 1.50 bits per heavy atom. The Morgan fingerprint density at radius 3 is 1.86 bits per heavy atom. The van der Waals surface area contributed by atoms with Gasteiger partial charge in [0.2, 0.25) is 0 Å². The van der Waals surface area contributed by atoms with E-state index in [1.807, 2.05) is 13.8 Å². The second kappa shape index (κ2) is 4.18. The average Bonchev–Trinajstić information content (AvgIpc) is 2.02. The molecule has 1 aromatic carbocycles. The predicted molar refractivity (Wildman–Crippen MR) is 65.2 cm³/mol. The van der Waals surface area contributed by atoms with Crippen molar-refractivity contribution in [2.24, 2.45) is 0 Å². The molecule has 1 nitrogen and oxygen atoms in total. The standard InChI is InChI=1S/C12H20OSi/c1-10(2)13-11-6-8-12(9-7-11)14(3,4)5/h6-10H,1-5H3. The van der Waals surface area contributed by atoms with Gasteiger partial charge in [-0.2, -0.15) is 0 Å². The van der Waals surface area contributed by atoms with Crippen molar-refractivity contribution in [2.45, 2.75) is 39.6 Å². The number of ether oxygens (including phenoxy) is 1. The predicted octanol–water partition coefficient (Wildman–Crippen LogP) is 3.02. The molecule has 0 saturated carbocycles. The van der Waals surface area contributed by atoms with Crippen LogP contribution in [0.4, 0.5) is 0 Å². The molecule has 0 fully saturated rings. The SMILES string of the molecule is CC(C)Oc1ccc([Si](C)(C)C)cc1.